The molecule has 4 unspecified atom stereocenters. The molecule has 0 radical (unpaired) electrons. The molecule has 660 valence electrons. The summed E-state index contributed by atoms with van der Waals surface area (Å²) in [4.78, 5) is 98.8. The van der Waals surface area contributed by atoms with Gasteiger partial charge in [-0.3, -0.25) is 19.2 Å². The number of hydrogen-bond donors (Lipinski definition) is 11. The number of anilines is 4. The first-order chi connectivity index (χ1) is 59.1. The van der Waals surface area contributed by atoms with Crippen molar-refractivity contribution in [3.05, 3.63) is 154 Å². The average Bonchev–Trinajstić information content (AvgIpc) is 1.59. The van der Waals surface area contributed by atoms with E-state index in [9.17, 15) is 65.6 Å². The fourth-order valence-electron chi connectivity index (χ4n) is 15.9. The predicted octanol–water partition coefficient (Wildman–Crippen LogP) is 14.1. The molecule has 41 heteroatoms. The van der Waals surface area contributed by atoms with Crippen molar-refractivity contribution in [2.75, 3.05) is 48.1 Å². The third kappa shape index (κ3) is 23.7. The van der Waals surface area contributed by atoms with Gasteiger partial charge in [-0.25, -0.2) is 79.8 Å². The van der Waals surface area contributed by atoms with Crippen molar-refractivity contribution in [1.29, 1.82) is 0 Å². The van der Waals surface area contributed by atoms with Crippen LogP contribution in [0.2, 0.25) is 20.4 Å². The van der Waals surface area contributed by atoms with E-state index in [0.29, 0.717) is 114 Å². The Hall–Kier alpha value is -10.6. The van der Waals surface area contributed by atoms with Crippen LogP contribution in [0.25, 0.3) is 67.3 Å². The van der Waals surface area contributed by atoms with Gasteiger partial charge in [0.15, 0.2) is 69.7 Å². The topological polar surface area (TPSA) is 449 Å². The van der Waals surface area contributed by atoms with Crippen LogP contribution >= 0.6 is 46.4 Å². The minimum absolute atomic E-state index is 0.00499. The number of esters is 3. The number of aryl methyl sites for hydroxylation is 1. The molecule has 8 atom stereocenters. The normalized spacial score (nSPS) is 21.3. The van der Waals surface area contributed by atoms with E-state index < -0.39 is 73.6 Å². The summed E-state index contributed by atoms with van der Waals surface area (Å²) in [7, 11) is -2.51. The highest BCUT2D eigenvalue weighted by atomic mass is 35.5. The van der Waals surface area contributed by atoms with E-state index in [0.717, 1.165) is 70.8 Å². The summed E-state index contributed by atoms with van der Waals surface area (Å²) in [6.45, 7) is 7.75. The van der Waals surface area contributed by atoms with Crippen LogP contribution in [-0.2, 0) is 43.4 Å². The van der Waals surface area contributed by atoms with Gasteiger partial charge in [-0.1, -0.05) is 52.5 Å². The molecule has 4 fully saturated rings. The number of benzene rings is 1. The molecule has 0 spiro atoms. The Labute approximate surface area is 729 Å². The summed E-state index contributed by atoms with van der Waals surface area (Å²) < 4.78 is 101. The zero-order chi connectivity index (χ0) is 88.8. The summed E-state index contributed by atoms with van der Waals surface area (Å²) in [5.74, 6) is -3.41. The first kappa shape index (κ1) is 92.5. The van der Waals surface area contributed by atoms with Crippen LogP contribution in [0.4, 0.5) is 40.8 Å². The van der Waals surface area contributed by atoms with E-state index in [1.165, 1.54) is 44.0 Å². The molecule has 0 aliphatic heterocycles. The number of rotatable bonds is 24. The van der Waals surface area contributed by atoms with Crippen molar-refractivity contribution in [2.45, 2.75) is 208 Å². The highest BCUT2D eigenvalue weighted by Gasteiger charge is 2.42. The van der Waals surface area contributed by atoms with Gasteiger partial charge in [0.05, 0.1) is 113 Å². The number of amides is 1. The number of carbonyl (C=O) groups excluding carboxylic acids is 4. The molecule has 4 saturated carbocycles. The van der Waals surface area contributed by atoms with Crippen molar-refractivity contribution < 1.29 is 79.8 Å². The van der Waals surface area contributed by atoms with Crippen LogP contribution in [-0.4, -0.2) is 195 Å². The lowest BCUT2D eigenvalue weighted by molar-refractivity contribution is -0.151. The maximum absolute atomic E-state index is 14.9. The summed E-state index contributed by atoms with van der Waals surface area (Å²) in [6, 6.07) is 10.4. The van der Waals surface area contributed by atoms with Gasteiger partial charge in [-0.15, -0.1) is 0 Å². The first-order valence-corrected chi connectivity index (χ1v) is 43.2. The van der Waals surface area contributed by atoms with Crippen molar-refractivity contribution in [3.63, 3.8) is 0 Å². The van der Waals surface area contributed by atoms with Crippen LogP contribution in [0.5, 0.6) is 0 Å². The quantitative estimate of drug-likeness (QED) is 0.0116. The van der Waals surface area contributed by atoms with E-state index in [1.54, 1.807) is 63.5 Å². The van der Waals surface area contributed by atoms with E-state index in [4.69, 9.17) is 60.6 Å². The van der Waals surface area contributed by atoms with Crippen LogP contribution in [0.15, 0.2) is 109 Å². The van der Waals surface area contributed by atoms with Gasteiger partial charge in [0, 0.05) is 101 Å². The van der Waals surface area contributed by atoms with Crippen molar-refractivity contribution in [1.82, 2.24) is 74.1 Å². The number of aromatic amines is 2. The molecule has 10 heterocycles. The number of nitrogens with zero attached hydrogens (tertiary/aromatic N) is 12. The molecule has 11 N–H and O–H groups in total. The smallest absolute Gasteiger partial charge is 0.308 e. The van der Waals surface area contributed by atoms with E-state index >= 15 is 0 Å². The van der Waals surface area contributed by atoms with Gasteiger partial charge in [0.1, 0.15) is 11.3 Å². The Morgan fingerprint density at radius 1 is 0.484 bits per heavy atom. The molecule has 1 amide bonds. The first-order valence-electron chi connectivity index (χ1n) is 40.3. The minimum atomic E-state index is -4.05. The highest BCUT2D eigenvalue weighted by Crippen LogP contribution is 2.41. The Bertz CT molecular complexity index is 5790. The number of fused-ring (bicyclic) bond motifs is 3. The largest absolute Gasteiger partial charge is 0.466 e. The lowest BCUT2D eigenvalue weighted by Crippen LogP contribution is -2.43. The molecule has 10 aromatic heterocycles. The van der Waals surface area contributed by atoms with E-state index in [2.05, 4.69) is 91.4 Å². The number of aliphatic hydroxyl groups is 4. The highest BCUT2D eigenvalue weighted by molar-refractivity contribution is 7.90. The summed E-state index contributed by atoms with van der Waals surface area (Å²) >= 11 is 24.0. The van der Waals surface area contributed by atoms with Crippen molar-refractivity contribution >= 4 is 137 Å². The second kappa shape index (κ2) is 40.6. The molecule has 4 aliphatic carbocycles. The average molecular weight is 1810 g/mol. The number of pyridine rings is 3. The summed E-state index contributed by atoms with van der Waals surface area (Å²) in [5, 5.41) is 60.8. The number of nitrogens with one attached hydrogen (secondary N) is 7. The number of hydrogen-bond acceptors (Lipinski definition) is 28. The summed E-state index contributed by atoms with van der Waals surface area (Å²) in [6.07, 6.45) is 21.7. The maximum Gasteiger partial charge on any atom is 0.308 e. The number of ether oxygens (including phenoxy) is 3. The van der Waals surface area contributed by atoms with Crippen LogP contribution < -0.4 is 26.6 Å². The third-order valence-corrected chi connectivity index (χ3v) is 24.0. The molecule has 15 rings (SSSR count). The SMILES string of the molecule is CCOC(=O)C[C@]1(O)CCCC(Nc2nc(-c3c[nH]c4ncc(Cl)cc34)ncc2F)C1.CCOC(=O)C[C@]1(O)CCCC(Nc2nc(-c3cn(S(=O)(=O)c4ccc(C)cc4)c4ncc(Cl)cc34)ncc2F)C1.CCOC(=O)C[C@]1(O)CCCC(Nc2nc(Cl)ncc2F)C1.CNC(=O)C[C@]1(O)CCCC(Nc2nc(-c3c[nH]c4ncc(Cl)cc34)ncc2F)C1. The van der Waals surface area contributed by atoms with Crippen LogP contribution in [0.3, 0.4) is 0 Å². The molecule has 11 aromatic rings. The van der Waals surface area contributed by atoms with E-state index in [1.807, 2.05) is 6.92 Å². The van der Waals surface area contributed by atoms with Gasteiger partial charge >= 0.3 is 17.9 Å². The molecule has 0 bridgehead atoms. The molecule has 1 aromatic carbocycles. The zero-order valence-electron chi connectivity index (χ0n) is 68.1. The Morgan fingerprint density at radius 3 is 1.21 bits per heavy atom. The lowest BCUT2D eigenvalue weighted by Gasteiger charge is -2.36. The van der Waals surface area contributed by atoms with Crippen LogP contribution in [0, 0.1) is 30.2 Å². The van der Waals surface area contributed by atoms with Crippen molar-refractivity contribution in [2.24, 2.45) is 0 Å². The number of carbonyl (C=O) groups is 4. The lowest BCUT2D eigenvalue weighted by atomic mass is 9.79. The third-order valence-electron chi connectivity index (χ3n) is 21.6. The number of halogens is 8. The summed E-state index contributed by atoms with van der Waals surface area (Å²) in [5.41, 5.74) is -0.872. The Morgan fingerprint density at radius 2 is 0.831 bits per heavy atom. The minimum Gasteiger partial charge on any atom is -0.466 e. The van der Waals surface area contributed by atoms with Gasteiger partial charge in [-0.05, 0) is 172 Å². The van der Waals surface area contributed by atoms with Gasteiger partial charge in [0.2, 0.25) is 11.2 Å². The van der Waals surface area contributed by atoms with Crippen molar-refractivity contribution in [3.8, 4) is 34.2 Å². The zero-order valence-corrected chi connectivity index (χ0v) is 72.0. The van der Waals surface area contributed by atoms with E-state index in [-0.39, 0.29) is 144 Å². The standard InChI is InChI=1S/C28H29ClFN5O5S.C21H23ClFN5O3.C20H22ClFN6O2.C14H19ClFN3O3/c1-3-40-24(36)13-28(37)10-4-5-19(12-28)33-26-23(30)15-31-25(34-26)22-16-35(27-21(22)11-18(29)14-32-27)41(38,39)20-8-6-17(2)7-9-20;1-2-31-17(29)8-21(30)5-3-4-13(7-21)27-20-16(23)11-26-19(28-20)15-10-25-18-14(15)6-12(22)9-24-18;1-23-16(29)7-20(30)4-2-3-12(6-20)27-19-15(22)10-26-18(28-19)14-9-25-17-13(14)5-11(21)8-24-17;1-2-22-11(20)7-14(21)5-3-4-9(6-14)18-12-10(16)8-17-13(15)19-12/h6-9,11,14-16,19,37H,3-5,10,12-13H2,1-2H3,(H,31,33,34);6,9-11,13,30H,2-5,7-8H2,1H3,(H,24,25)(H,26,27,28);5,8-10,12,30H,2-4,6-7H2,1H3,(H,23,29)(H,24,25)(H,26,27,28);8-9,21H,2-7H2,1H3,(H,17,18,19)/t19?,28-;13?,21-;12?,20-;9?,14-/m0000/s1. The van der Waals surface area contributed by atoms with Gasteiger partial charge in [-0.2, -0.15) is 4.98 Å². The second-order valence-electron chi connectivity index (χ2n) is 31.1. The molecule has 32 nitrogen and oxygen atoms in total. The van der Waals surface area contributed by atoms with Gasteiger partial charge in [0.25, 0.3) is 10.0 Å². The van der Waals surface area contributed by atoms with Gasteiger partial charge < -0.3 is 71.2 Å². The monoisotopic (exact) mass is 1810 g/mol. The fraction of sp³-hybridized carbons (Fsp3) is 0.434. The Balaban J connectivity index is 0.000000154. The molecule has 4 aliphatic rings. The van der Waals surface area contributed by atoms with Crippen LogP contribution in [0.1, 0.15) is 155 Å². The molecule has 0 saturated heterocycles. The number of H-pyrrole nitrogens is 2. The molecular formula is C83H93Cl4F4N19O13S. The number of aromatic nitrogens is 14. The molecule has 124 heavy (non-hydrogen) atoms. The predicted molar refractivity (Wildman–Crippen MR) is 456 cm³/mol. The second-order valence-corrected chi connectivity index (χ2v) is 34.6. The fourth-order valence-corrected chi connectivity index (χ4v) is 17.8. The molecular weight excluding hydrogens is 1720 g/mol. The Kier molecular flexibility index (Phi) is 30.3. The maximum atomic E-state index is 14.9.